The third-order valence-corrected chi connectivity index (χ3v) is 2.30. The maximum absolute atomic E-state index is 10.5. The molecule has 4 heteroatoms. The molecule has 16 heavy (non-hydrogen) atoms. The van der Waals surface area contributed by atoms with Gasteiger partial charge in [0.1, 0.15) is 11.4 Å². The molecule has 0 bridgehead atoms. The summed E-state index contributed by atoms with van der Waals surface area (Å²) in [6, 6.07) is 7.79. The number of benzene rings is 1. The highest BCUT2D eigenvalue weighted by molar-refractivity contribution is 5.70. The molecule has 0 saturated carbocycles. The summed E-state index contributed by atoms with van der Waals surface area (Å²) in [7, 11) is 1.64. The Balaban J connectivity index is 2.10. The minimum Gasteiger partial charge on any atom is -0.497 e. The summed E-state index contributed by atoms with van der Waals surface area (Å²) in [5.74, 6) is 0.836. The van der Waals surface area contributed by atoms with Crippen molar-refractivity contribution in [3.8, 4) is 5.75 Å². The van der Waals surface area contributed by atoms with Crippen molar-refractivity contribution in [3.63, 3.8) is 0 Å². The first-order chi connectivity index (χ1) is 7.81. The monoisotopic (exact) mass is 216 g/mol. The van der Waals surface area contributed by atoms with Gasteiger partial charge in [-0.05, 0) is 17.7 Å². The summed E-state index contributed by atoms with van der Waals surface area (Å²) in [6.07, 6.45) is 4.11. The van der Waals surface area contributed by atoms with Crippen LogP contribution in [0.3, 0.4) is 0 Å². The maximum Gasteiger partial charge on any atom is 0.169 e. The number of hydrogen-bond acceptors (Lipinski definition) is 3. The Hall–Kier alpha value is -2.10. The van der Waals surface area contributed by atoms with E-state index in [4.69, 9.17) is 4.74 Å². The van der Waals surface area contributed by atoms with Gasteiger partial charge in [-0.1, -0.05) is 12.1 Å². The zero-order valence-electron chi connectivity index (χ0n) is 8.96. The van der Waals surface area contributed by atoms with Gasteiger partial charge in [0, 0.05) is 12.7 Å². The van der Waals surface area contributed by atoms with E-state index in [1.807, 2.05) is 28.8 Å². The number of rotatable bonds is 4. The number of ether oxygens (including phenoxy) is 1. The quantitative estimate of drug-likeness (QED) is 0.731. The van der Waals surface area contributed by atoms with Crippen LogP contribution >= 0.6 is 0 Å². The standard InChI is InChI=1S/C12H12N2O2/c1-16-12-4-2-10(3-5-12)6-14-7-11(8-15)13-9-14/h2-5,7-9H,6H2,1H3. The molecular formula is C12H12N2O2. The fourth-order valence-corrected chi connectivity index (χ4v) is 1.47. The van der Waals surface area contributed by atoms with Crippen LogP contribution in [0.25, 0.3) is 0 Å². The van der Waals surface area contributed by atoms with E-state index in [1.165, 1.54) is 0 Å². The second-order valence-corrected chi connectivity index (χ2v) is 3.44. The first kappa shape index (κ1) is 10.4. The van der Waals surface area contributed by atoms with E-state index < -0.39 is 0 Å². The number of nitrogens with zero attached hydrogens (tertiary/aromatic N) is 2. The molecule has 0 aliphatic heterocycles. The minimum absolute atomic E-state index is 0.452. The van der Waals surface area contributed by atoms with Crippen molar-refractivity contribution in [1.82, 2.24) is 9.55 Å². The molecule has 0 radical (unpaired) electrons. The second-order valence-electron chi connectivity index (χ2n) is 3.44. The van der Waals surface area contributed by atoms with Gasteiger partial charge in [-0.15, -0.1) is 0 Å². The third-order valence-electron chi connectivity index (χ3n) is 2.30. The van der Waals surface area contributed by atoms with Gasteiger partial charge < -0.3 is 9.30 Å². The van der Waals surface area contributed by atoms with Crippen molar-refractivity contribution in [1.29, 1.82) is 0 Å². The van der Waals surface area contributed by atoms with E-state index in [0.717, 1.165) is 17.6 Å². The molecule has 82 valence electrons. The van der Waals surface area contributed by atoms with Gasteiger partial charge in [-0.2, -0.15) is 0 Å². The topological polar surface area (TPSA) is 44.1 Å². The summed E-state index contributed by atoms with van der Waals surface area (Å²) < 4.78 is 6.94. The molecule has 0 amide bonds. The van der Waals surface area contributed by atoms with Crippen LogP contribution in [-0.4, -0.2) is 22.9 Å². The molecule has 1 aromatic carbocycles. The van der Waals surface area contributed by atoms with Crippen molar-refractivity contribution in [2.45, 2.75) is 6.54 Å². The molecule has 0 atom stereocenters. The third kappa shape index (κ3) is 2.28. The molecule has 0 N–H and O–H groups in total. The van der Waals surface area contributed by atoms with E-state index in [2.05, 4.69) is 4.98 Å². The Labute approximate surface area is 93.5 Å². The summed E-state index contributed by atoms with van der Waals surface area (Å²) >= 11 is 0. The normalized spacial score (nSPS) is 10.1. The van der Waals surface area contributed by atoms with Crippen molar-refractivity contribution in [2.24, 2.45) is 0 Å². The van der Waals surface area contributed by atoms with Crippen LogP contribution in [0.2, 0.25) is 0 Å². The van der Waals surface area contributed by atoms with Gasteiger partial charge in [0.25, 0.3) is 0 Å². The predicted molar refractivity (Wildman–Crippen MR) is 59.7 cm³/mol. The van der Waals surface area contributed by atoms with Crippen molar-refractivity contribution in [3.05, 3.63) is 48.0 Å². The average Bonchev–Trinajstić information content (AvgIpc) is 2.78. The first-order valence-corrected chi connectivity index (χ1v) is 4.91. The maximum atomic E-state index is 10.5. The van der Waals surface area contributed by atoms with E-state index >= 15 is 0 Å². The zero-order chi connectivity index (χ0) is 11.4. The highest BCUT2D eigenvalue weighted by Gasteiger charge is 1.98. The minimum atomic E-state index is 0.452. The van der Waals surface area contributed by atoms with Crippen LogP contribution in [-0.2, 0) is 6.54 Å². The Morgan fingerprint density at radius 2 is 2.12 bits per heavy atom. The van der Waals surface area contributed by atoms with Gasteiger partial charge in [-0.3, -0.25) is 4.79 Å². The van der Waals surface area contributed by atoms with Crippen LogP contribution in [0.4, 0.5) is 0 Å². The molecule has 0 aliphatic rings. The van der Waals surface area contributed by atoms with Gasteiger partial charge in [-0.25, -0.2) is 4.98 Å². The molecule has 0 saturated heterocycles. The molecule has 4 nitrogen and oxygen atoms in total. The summed E-state index contributed by atoms with van der Waals surface area (Å²) in [6.45, 7) is 0.699. The van der Waals surface area contributed by atoms with E-state index in [1.54, 1.807) is 19.6 Å². The van der Waals surface area contributed by atoms with Gasteiger partial charge >= 0.3 is 0 Å². The molecule has 2 aromatic rings. The summed E-state index contributed by atoms with van der Waals surface area (Å²) in [4.78, 5) is 14.4. The number of hydrogen-bond donors (Lipinski definition) is 0. The van der Waals surface area contributed by atoms with Crippen LogP contribution in [0.15, 0.2) is 36.8 Å². The zero-order valence-corrected chi connectivity index (χ0v) is 8.96. The number of imidazole rings is 1. The van der Waals surface area contributed by atoms with Crippen LogP contribution < -0.4 is 4.74 Å². The lowest BCUT2D eigenvalue weighted by molar-refractivity contribution is 0.111. The summed E-state index contributed by atoms with van der Waals surface area (Å²) in [5, 5.41) is 0. The first-order valence-electron chi connectivity index (χ1n) is 4.91. The Morgan fingerprint density at radius 3 is 2.69 bits per heavy atom. The molecule has 0 aliphatic carbocycles. The lowest BCUT2D eigenvalue weighted by Gasteiger charge is -2.03. The van der Waals surface area contributed by atoms with E-state index in [9.17, 15) is 4.79 Å². The van der Waals surface area contributed by atoms with Crippen molar-refractivity contribution < 1.29 is 9.53 Å². The largest absolute Gasteiger partial charge is 0.497 e. The molecule has 2 rings (SSSR count). The lowest BCUT2D eigenvalue weighted by atomic mass is 10.2. The number of methoxy groups -OCH3 is 1. The fraction of sp³-hybridized carbons (Fsp3) is 0.167. The number of aromatic nitrogens is 2. The van der Waals surface area contributed by atoms with E-state index in [-0.39, 0.29) is 0 Å². The van der Waals surface area contributed by atoms with Crippen molar-refractivity contribution in [2.75, 3.05) is 7.11 Å². The SMILES string of the molecule is COc1ccc(Cn2cnc(C=O)c2)cc1. The lowest BCUT2D eigenvalue weighted by Crippen LogP contribution is -1.96. The molecular weight excluding hydrogens is 204 g/mol. The van der Waals surface area contributed by atoms with Crippen LogP contribution in [0, 0.1) is 0 Å². The van der Waals surface area contributed by atoms with Crippen LogP contribution in [0.5, 0.6) is 5.75 Å². The van der Waals surface area contributed by atoms with E-state index in [0.29, 0.717) is 12.2 Å². The molecule has 0 spiro atoms. The Kier molecular flexibility index (Phi) is 3.00. The summed E-state index contributed by atoms with van der Waals surface area (Å²) in [5.41, 5.74) is 1.59. The number of carbonyl (C=O) groups is 1. The molecule has 0 unspecified atom stereocenters. The smallest absolute Gasteiger partial charge is 0.169 e. The highest BCUT2D eigenvalue weighted by atomic mass is 16.5. The average molecular weight is 216 g/mol. The molecule has 1 heterocycles. The molecule has 1 aromatic heterocycles. The molecule has 0 fully saturated rings. The predicted octanol–water partition coefficient (Wildman–Crippen LogP) is 1.75. The van der Waals surface area contributed by atoms with Gasteiger partial charge in [0.15, 0.2) is 6.29 Å². The number of aldehydes is 1. The second kappa shape index (κ2) is 4.61. The van der Waals surface area contributed by atoms with Crippen LogP contribution in [0.1, 0.15) is 16.1 Å². The Morgan fingerprint density at radius 1 is 1.38 bits per heavy atom. The van der Waals surface area contributed by atoms with Gasteiger partial charge in [0.05, 0.1) is 13.4 Å². The van der Waals surface area contributed by atoms with Crippen molar-refractivity contribution >= 4 is 6.29 Å². The van der Waals surface area contributed by atoms with Gasteiger partial charge in [0.2, 0.25) is 0 Å². The Bertz CT molecular complexity index is 474. The highest BCUT2D eigenvalue weighted by Crippen LogP contribution is 2.12. The number of carbonyl (C=O) groups excluding carboxylic acids is 1. The fourth-order valence-electron chi connectivity index (χ4n) is 1.47.